The Bertz CT molecular complexity index is 640. The Morgan fingerprint density at radius 1 is 1.45 bits per heavy atom. The van der Waals surface area contributed by atoms with Gasteiger partial charge in [0.15, 0.2) is 6.61 Å². The highest BCUT2D eigenvalue weighted by molar-refractivity contribution is 5.31. The SMILES string of the molecule is Cc1ccccc1OCc1noc([C@]23CNC[C@H]2C3)n1. The fraction of sp³-hybridized carbons (Fsp3) is 0.467. The first kappa shape index (κ1) is 11.9. The fourth-order valence-corrected chi connectivity index (χ4v) is 3.05. The molecule has 2 aromatic rings. The summed E-state index contributed by atoms with van der Waals surface area (Å²) < 4.78 is 11.2. The molecular formula is C15H17N3O2. The first-order valence-corrected chi connectivity index (χ1v) is 7.00. The number of rotatable bonds is 4. The zero-order valence-electron chi connectivity index (χ0n) is 11.4. The lowest BCUT2D eigenvalue weighted by atomic mass is 10.1. The van der Waals surface area contributed by atoms with E-state index in [4.69, 9.17) is 9.26 Å². The van der Waals surface area contributed by atoms with Gasteiger partial charge in [0.05, 0.1) is 5.41 Å². The average molecular weight is 271 g/mol. The van der Waals surface area contributed by atoms with Crippen molar-refractivity contribution in [3.05, 3.63) is 41.5 Å². The molecule has 5 heteroatoms. The Labute approximate surface area is 117 Å². The monoisotopic (exact) mass is 271 g/mol. The van der Waals surface area contributed by atoms with Gasteiger partial charge in [0.1, 0.15) is 5.75 Å². The van der Waals surface area contributed by atoms with Crippen LogP contribution in [-0.2, 0) is 12.0 Å². The number of fused-ring (bicyclic) bond motifs is 1. The molecule has 1 aromatic heterocycles. The molecule has 1 aliphatic carbocycles. The lowest BCUT2D eigenvalue weighted by molar-refractivity contribution is 0.281. The van der Waals surface area contributed by atoms with Gasteiger partial charge >= 0.3 is 0 Å². The van der Waals surface area contributed by atoms with E-state index in [1.54, 1.807) is 0 Å². The van der Waals surface area contributed by atoms with E-state index < -0.39 is 0 Å². The van der Waals surface area contributed by atoms with Crippen molar-refractivity contribution in [2.24, 2.45) is 5.92 Å². The van der Waals surface area contributed by atoms with Crippen molar-refractivity contribution in [1.29, 1.82) is 0 Å². The second kappa shape index (κ2) is 4.31. The van der Waals surface area contributed by atoms with E-state index in [1.165, 1.54) is 6.42 Å². The number of piperidine rings is 1. The van der Waals surface area contributed by atoms with Crippen LogP contribution in [0.1, 0.15) is 23.7 Å². The van der Waals surface area contributed by atoms with Crippen molar-refractivity contribution in [2.45, 2.75) is 25.4 Å². The Kier molecular flexibility index (Phi) is 2.57. The Balaban J connectivity index is 1.46. The summed E-state index contributed by atoms with van der Waals surface area (Å²) >= 11 is 0. The smallest absolute Gasteiger partial charge is 0.234 e. The molecule has 1 saturated carbocycles. The molecule has 0 bridgehead atoms. The van der Waals surface area contributed by atoms with Crippen LogP contribution >= 0.6 is 0 Å². The van der Waals surface area contributed by atoms with Gasteiger partial charge in [-0.15, -0.1) is 0 Å². The molecular weight excluding hydrogens is 254 g/mol. The zero-order valence-corrected chi connectivity index (χ0v) is 11.4. The van der Waals surface area contributed by atoms with Crippen LogP contribution in [0.2, 0.25) is 0 Å². The molecule has 1 saturated heterocycles. The summed E-state index contributed by atoms with van der Waals surface area (Å²) in [5, 5.41) is 7.42. The van der Waals surface area contributed by atoms with Crippen molar-refractivity contribution < 1.29 is 9.26 Å². The first-order chi connectivity index (χ1) is 9.78. The standard InChI is InChI=1S/C15H17N3O2/c1-10-4-2-3-5-12(10)19-8-13-17-14(20-18-13)15-6-11(15)7-16-9-15/h2-5,11,16H,6-9H2,1H3/t11-,15-/m1/s1. The molecule has 104 valence electrons. The summed E-state index contributed by atoms with van der Waals surface area (Å²) in [6.45, 7) is 4.40. The highest BCUT2D eigenvalue weighted by atomic mass is 16.5. The number of benzene rings is 1. The predicted molar refractivity (Wildman–Crippen MR) is 72.5 cm³/mol. The summed E-state index contributed by atoms with van der Waals surface area (Å²) in [5.74, 6) is 2.93. The summed E-state index contributed by atoms with van der Waals surface area (Å²) in [6, 6.07) is 7.93. The van der Waals surface area contributed by atoms with E-state index in [0.29, 0.717) is 18.3 Å². The number of para-hydroxylation sites is 1. The molecule has 2 atom stereocenters. The maximum atomic E-state index is 5.74. The zero-order chi connectivity index (χ0) is 13.6. The number of nitrogens with one attached hydrogen (secondary N) is 1. The molecule has 0 amide bonds. The molecule has 20 heavy (non-hydrogen) atoms. The molecule has 0 radical (unpaired) electrons. The number of nitrogens with zero attached hydrogens (tertiary/aromatic N) is 2. The molecule has 2 aliphatic rings. The molecule has 1 N–H and O–H groups in total. The van der Waals surface area contributed by atoms with Crippen molar-refractivity contribution in [3.8, 4) is 5.75 Å². The van der Waals surface area contributed by atoms with E-state index in [0.717, 1.165) is 30.3 Å². The average Bonchev–Trinajstić information content (AvgIpc) is 2.85. The molecule has 2 fully saturated rings. The van der Waals surface area contributed by atoms with Crippen molar-refractivity contribution in [1.82, 2.24) is 15.5 Å². The maximum Gasteiger partial charge on any atom is 0.234 e. The molecule has 0 spiro atoms. The largest absolute Gasteiger partial charge is 0.485 e. The van der Waals surface area contributed by atoms with E-state index in [2.05, 4.69) is 15.5 Å². The van der Waals surface area contributed by atoms with Crippen LogP contribution in [-0.4, -0.2) is 23.2 Å². The second-order valence-corrected chi connectivity index (χ2v) is 5.76. The van der Waals surface area contributed by atoms with Gasteiger partial charge in [0.25, 0.3) is 0 Å². The molecule has 1 aromatic carbocycles. The minimum atomic E-state index is 0.119. The Hall–Kier alpha value is -1.88. The van der Waals surface area contributed by atoms with E-state index in [9.17, 15) is 0 Å². The number of aryl methyl sites for hydroxylation is 1. The lowest BCUT2D eigenvalue weighted by Crippen LogP contribution is -2.19. The maximum absolute atomic E-state index is 5.74. The first-order valence-electron chi connectivity index (χ1n) is 7.00. The number of hydrogen-bond donors (Lipinski definition) is 1. The van der Waals surface area contributed by atoms with Crippen LogP contribution in [0.5, 0.6) is 5.75 Å². The van der Waals surface area contributed by atoms with Gasteiger partial charge in [0.2, 0.25) is 11.7 Å². The predicted octanol–water partition coefficient (Wildman–Crippen LogP) is 1.82. The number of aromatic nitrogens is 2. The van der Waals surface area contributed by atoms with Crippen LogP contribution < -0.4 is 10.1 Å². The van der Waals surface area contributed by atoms with Crippen LogP contribution in [0.15, 0.2) is 28.8 Å². The third-order valence-corrected chi connectivity index (χ3v) is 4.41. The van der Waals surface area contributed by atoms with Crippen molar-refractivity contribution in [2.75, 3.05) is 13.1 Å². The van der Waals surface area contributed by atoms with Crippen LogP contribution in [0.4, 0.5) is 0 Å². The number of hydrogen-bond acceptors (Lipinski definition) is 5. The van der Waals surface area contributed by atoms with Gasteiger partial charge in [-0.05, 0) is 37.4 Å². The molecule has 5 nitrogen and oxygen atoms in total. The van der Waals surface area contributed by atoms with Crippen LogP contribution in [0.3, 0.4) is 0 Å². The summed E-state index contributed by atoms with van der Waals surface area (Å²) in [7, 11) is 0. The minimum Gasteiger partial charge on any atom is -0.485 e. The third-order valence-electron chi connectivity index (χ3n) is 4.41. The highest BCUT2D eigenvalue weighted by Gasteiger charge is 2.62. The van der Waals surface area contributed by atoms with Gasteiger partial charge < -0.3 is 14.6 Å². The molecule has 2 heterocycles. The Morgan fingerprint density at radius 3 is 3.10 bits per heavy atom. The van der Waals surface area contributed by atoms with Gasteiger partial charge in [-0.3, -0.25) is 0 Å². The second-order valence-electron chi connectivity index (χ2n) is 5.76. The van der Waals surface area contributed by atoms with E-state index in [1.807, 2.05) is 31.2 Å². The van der Waals surface area contributed by atoms with Gasteiger partial charge in [-0.1, -0.05) is 23.4 Å². The summed E-state index contributed by atoms with van der Waals surface area (Å²) in [4.78, 5) is 4.51. The van der Waals surface area contributed by atoms with E-state index >= 15 is 0 Å². The topological polar surface area (TPSA) is 60.2 Å². The summed E-state index contributed by atoms with van der Waals surface area (Å²) in [6.07, 6.45) is 1.17. The number of ether oxygens (including phenoxy) is 1. The Morgan fingerprint density at radius 2 is 2.35 bits per heavy atom. The van der Waals surface area contributed by atoms with Crippen LogP contribution in [0, 0.1) is 12.8 Å². The van der Waals surface area contributed by atoms with Crippen LogP contribution in [0.25, 0.3) is 0 Å². The quantitative estimate of drug-likeness (QED) is 0.919. The molecule has 4 rings (SSSR count). The van der Waals surface area contributed by atoms with Gasteiger partial charge in [-0.2, -0.15) is 4.98 Å². The molecule has 1 aliphatic heterocycles. The lowest BCUT2D eigenvalue weighted by Gasteiger charge is -2.06. The minimum absolute atomic E-state index is 0.119. The molecule has 0 unspecified atom stereocenters. The summed E-state index contributed by atoms with van der Waals surface area (Å²) in [5.41, 5.74) is 1.23. The van der Waals surface area contributed by atoms with Gasteiger partial charge in [-0.25, -0.2) is 0 Å². The fourth-order valence-electron chi connectivity index (χ4n) is 3.05. The van der Waals surface area contributed by atoms with E-state index in [-0.39, 0.29) is 5.41 Å². The highest BCUT2D eigenvalue weighted by Crippen LogP contribution is 2.55. The normalized spacial score (nSPS) is 27.4. The third kappa shape index (κ3) is 1.81. The van der Waals surface area contributed by atoms with Crippen molar-refractivity contribution >= 4 is 0 Å². The van der Waals surface area contributed by atoms with Gasteiger partial charge in [0, 0.05) is 6.54 Å². The van der Waals surface area contributed by atoms with Crippen molar-refractivity contribution in [3.63, 3.8) is 0 Å².